The van der Waals surface area contributed by atoms with Crippen molar-refractivity contribution in [1.29, 1.82) is 5.26 Å². The summed E-state index contributed by atoms with van der Waals surface area (Å²) < 4.78 is 0. The summed E-state index contributed by atoms with van der Waals surface area (Å²) >= 11 is 0. The van der Waals surface area contributed by atoms with E-state index in [1.165, 1.54) is 0 Å². The first-order valence-electron chi connectivity index (χ1n) is 4.70. The highest BCUT2D eigenvalue weighted by Gasteiger charge is 2.25. The first-order chi connectivity index (χ1) is 6.04. The van der Waals surface area contributed by atoms with E-state index < -0.39 is 0 Å². The predicted octanol–water partition coefficient (Wildman–Crippen LogP) is 1.84. The van der Waals surface area contributed by atoms with Crippen molar-refractivity contribution in [2.24, 2.45) is 5.41 Å². The van der Waals surface area contributed by atoms with Gasteiger partial charge in [0, 0.05) is 12.0 Å². The SMILES string of the molecule is CCCC(C)(C)C(=O)NCCC#N. The smallest absolute Gasteiger partial charge is 0.225 e. The van der Waals surface area contributed by atoms with Crippen molar-refractivity contribution in [3.8, 4) is 6.07 Å². The van der Waals surface area contributed by atoms with Crippen LogP contribution in [0.2, 0.25) is 0 Å². The molecule has 0 spiro atoms. The molecule has 0 bridgehead atoms. The first-order valence-corrected chi connectivity index (χ1v) is 4.70. The van der Waals surface area contributed by atoms with Gasteiger partial charge in [-0.2, -0.15) is 5.26 Å². The highest BCUT2D eigenvalue weighted by Crippen LogP contribution is 2.21. The van der Waals surface area contributed by atoms with Crippen molar-refractivity contribution in [3.05, 3.63) is 0 Å². The predicted molar refractivity (Wildman–Crippen MR) is 51.9 cm³/mol. The summed E-state index contributed by atoms with van der Waals surface area (Å²) in [6.45, 7) is 6.38. The van der Waals surface area contributed by atoms with Crippen molar-refractivity contribution in [1.82, 2.24) is 5.32 Å². The Morgan fingerprint density at radius 1 is 1.54 bits per heavy atom. The molecule has 0 unspecified atom stereocenters. The maximum Gasteiger partial charge on any atom is 0.225 e. The molecule has 3 nitrogen and oxygen atoms in total. The molecule has 0 aliphatic carbocycles. The molecule has 0 aliphatic heterocycles. The standard InChI is InChI=1S/C10H18N2O/c1-4-6-10(2,3)9(13)12-8-5-7-11/h4-6,8H2,1-3H3,(H,12,13). The van der Waals surface area contributed by atoms with E-state index in [1.807, 2.05) is 19.9 Å². The van der Waals surface area contributed by atoms with E-state index in [4.69, 9.17) is 5.26 Å². The summed E-state index contributed by atoms with van der Waals surface area (Å²) in [5.41, 5.74) is -0.301. The monoisotopic (exact) mass is 182 g/mol. The van der Waals surface area contributed by atoms with Crippen LogP contribution in [0.15, 0.2) is 0 Å². The molecule has 1 amide bonds. The zero-order chi connectivity index (χ0) is 10.3. The molecule has 0 atom stereocenters. The van der Waals surface area contributed by atoms with Crippen LogP contribution in [0, 0.1) is 16.7 Å². The minimum absolute atomic E-state index is 0.0459. The van der Waals surface area contributed by atoms with E-state index >= 15 is 0 Å². The molecule has 0 fully saturated rings. The number of carbonyl (C=O) groups excluding carboxylic acids is 1. The molecule has 0 rings (SSSR count). The summed E-state index contributed by atoms with van der Waals surface area (Å²) in [6.07, 6.45) is 2.26. The average Bonchev–Trinajstić information content (AvgIpc) is 2.04. The third-order valence-corrected chi connectivity index (χ3v) is 2.01. The Balaban J connectivity index is 3.88. The van der Waals surface area contributed by atoms with Crippen molar-refractivity contribution < 1.29 is 4.79 Å². The van der Waals surface area contributed by atoms with E-state index in [0.29, 0.717) is 13.0 Å². The molecular weight excluding hydrogens is 164 g/mol. The molecule has 3 heteroatoms. The van der Waals surface area contributed by atoms with Crippen LogP contribution in [0.1, 0.15) is 40.0 Å². The minimum atomic E-state index is -0.301. The molecule has 0 heterocycles. The van der Waals surface area contributed by atoms with Gasteiger partial charge >= 0.3 is 0 Å². The number of amides is 1. The summed E-state index contributed by atoms with van der Waals surface area (Å²) in [5, 5.41) is 11.0. The van der Waals surface area contributed by atoms with Gasteiger partial charge in [-0.05, 0) is 6.42 Å². The lowest BCUT2D eigenvalue weighted by molar-refractivity contribution is -0.129. The number of nitrogens with zero attached hydrogens (tertiary/aromatic N) is 1. The van der Waals surface area contributed by atoms with E-state index in [-0.39, 0.29) is 11.3 Å². The van der Waals surface area contributed by atoms with E-state index in [2.05, 4.69) is 12.2 Å². The van der Waals surface area contributed by atoms with Gasteiger partial charge in [-0.15, -0.1) is 0 Å². The van der Waals surface area contributed by atoms with Crippen molar-refractivity contribution in [2.75, 3.05) is 6.54 Å². The normalized spacial score (nSPS) is 10.6. The second-order valence-electron chi connectivity index (χ2n) is 3.80. The second-order valence-corrected chi connectivity index (χ2v) is 3.80. The summed E-state index contributed by atoms with van der Waals surface area (Å²) in [6, 6.07) is 1.99. The topological polar surface area (TPSA) is 52.9 Å². The number of carbonyl (C=O) groups is 1. The van der Waals surface area contributed by atoms with Crippen molar-refractivity contribution in [2.45, 2.75) is 40.0 Å². The molecular formula is C10H18N2O. The van der Waals surface area contributed by atoms with Gasteiger partial charge in [0.25, 0.3) is 0 Å². The average molecular weight is 182 g/mol. The summed E-state index contributed by atoms with van der Waals surface area (Å²) in [7, 11) is 0. The second kappa shape index (κ2) is 5.58. The van der Waals surface area contributed by atoms with Crippen LogP contribution in [0.5, 0.6) is 0 Å². The third-order valence-electron chi connectivity index (χ3n) is 2.01. The number of nitriles is 1. The number of rotatable bonds is 5. The van der Waals surface area contributed by atoms with Crippen LogP contribution in [0.3, 0.4) is 0 Å². The van der Waals surface area contributed by atoms with Crippen molar-refractivity contribution in [3.63, 3.8) is 0 Å². The molecule has 0 saturated heterocycles. The van der Waals surface area contributed by atoms with Gasteiger partial charge in [-0.3, -0.25) is 4.79 Å². The van der Waals surface area contributed by atoms with Crippen LogP contribution < -0.4 is 5.32 Å². The quantitative estimate of drug-likeness (QED) is 0.659. The Morgan fingerprint density at radius 2 is 2.15 bits per heavy atom. The highest BCUT2D eigenvalue weighted by atomic mass is 16.2. The summed E-state index contributed by atoms with van der Waals surface area (Å²) in [5.74, 6) is 0.0459. The maximum atomic E-state index is 11.5. The Bertz CT molecular complexity index is 203. The van der Waals surface area contributed by atoms with Gasteiger partial charge < -0.3 is 5.32 Å². The van der Waals surface area contributed by atoms with Crippen LogP contribution in [0.25, 0.3) is 0 Å². The third kappa shape index (κ3) is 4.51. The Labute approximate surface area is 80.1 Å². The van der Waals surface area contributed by atoms with E-state index in [1.54, 1.807) is 0 Å². The molecule has 0 aromatic carbocycles. The Hall–Kier alpha value is -1.04. The first kappa shape index (κ1) is 12.0. The van der Waals surface area contributed by atoms with Gasteiger partial charge in [0.05, 0.1) is 12.5 Å². The van der Waals surface area contributed by atoms with Crippen LogP contribution in [-0.2, 0) is 4.79 Å². The largest absolute Gasteiger partial charge is 0.355 e. The van der Waals surface area contributed by atoms with Crippen LogP contribution >= 0.6 is 0 Å². The Kier molecular flexibility index (Phi) is 5.13. The lowest BCUT2D eigenvalue weighted by Crippen LogP contribution is -2.37. The lowest BCUT2D eigenvalue weighted by atomic mass is 9.87. The molecule has 74 valence electrons. The number of hydrogen-bond acceptors (Lipinski definition) is 2. The van der Waals surface area contributed by atoms with Crippen LogP contribution in [-0.4, -0.2) is 12.5 Å². The molecule has 0 aromatic heterocycles. The minimum Gasteiger partial charge on any atom is -0.355 e. The molecule has 0 aliphatic rings. The zero-order valence-electron chi connectivity index (χ0n) is 8.68. The number of hydrogen-bond donors (Lipinski definition) is 1. The van der Waals surface area contributed by atoms with Gasteiger partial charge in [0.1, 0.15) is 0 Å². The maximum absolute atomic E-state index is 11.5. The van der Waals surface area contributed by atoms with E-state index in [9.17, 15) is 4.79 Å². The fourth-order valence-electron chi connectivity index (χ4n) is 1.21. The fourth-order valence-corrected chi connectivity index (χ4v) is 1.21. The highest BCUT2D eigenvalue weighted by molar-refractivity contribution is 5.81. The zero-order valence-corrected chi connectivity index (χ0v) is 8.68. The lowest BCUT2D eigenvalue weighted by Gasteiger charge is -2.22. The fraction of sp³-hybridized carbons (Fsp3) is 0.800. The molecule has 0 saturated carbocycles. The van der Waals surface area contributed by atoms with Gasteiger partial charge in [-0.1, -0.05) is 27.2 Å². The molecule has 1 N–H and O–H groups in total. The molecule has 0 aromatic rings. The van der Waals surface area contributed by atoms with Crippen LogP contribution in [0.4, 0.5) is 0 Å². The molecule has 0 radical (unpaired) electrons. The molecule has 13 heavy (non-hydrogen) atoms. The van der Waals surface area contributed by atoms with Gasteiger partial charge in [-0.25, -0.2) is 0 Å². The van der Waals surface area contributed by atoms with Gasteiger partial charge in [0.15, 0.2) is 0 Å². The summed E-state index contributed by atoms with van der Waals surface area (Å²) in [4.78, 5) is 11.5. The van der Waals surface area contributed by atoms with Gasteiger partial charge in [0.2, 0.25) is 5.91 Å². The van der Waals surface area contributed by atoms with Crippen molar-refractivity contribution >= 4 is 5.91 Å². The Morgan fingerprint density at radius 3 is 2.62 bits per heavy atom. The number of nitrogens with one attached hydrogen (secondary N) is 1. The van der Waals surface area contributed by atoms with E-state index in [0.717, 1.165) is 12.8 Å².